The molecule has 2 aromatic rings. The molecule has 0 aliphatic carbocycles. The van der Waals surface area contributed by atoms with Crippen molar-refractivity contribution < 1.29 is 24.3 Å². The van der Waals surface area contributed by atoms with Crippen LogP contribution in [-0.2, 0) is 32.0 Å². The van der Waals surface area contributed by atoms with Crippen LogP contribution in [0.25, 0.3) is 0 Å². The van der Waals surface area contributed by atoms with Crippen LogP contribution in [0.1, 0.15) is 38.1 Å². The molecule has 204 valence electrons. The summed E-state index contributed by atoms with van der Waals surface area (Å²) in [6.07, 6.45) is 8.62. The molecule has 0 bridgehead atoms. The van der Waals surface area contributed by atoms with E-state index < -0.39 is 47.9 Å². The minimum absolute atomic E-state index is 0.0442. The van der Waals surface area contributed by atoms with Crippen molar-refractivity contribution in [3.05, 3.63) is 36.4 Å². The van der Waals surface area contributed by atoms with Crippen molar-refractivity contribution >= 4 is 35.5 Å². The summed E-state index contributed by atoms with van der Waals surface area (Å²) < 4.78 is 0. The monoisotopic (exact) mass is 536 g/mol. The van der Waals surface area contributed by atoms with Gasteiger partial charge in [0.05, 0.1) is 18.7 Å². The largest absolute Gasteiger partial charge is 0.480 e. The quantitative estimate of drug-likeness (QED) is 0.148. The Morgan fingerprint density at radius 2 is 1.46 bits per heavy atom. The lowest BCUT2D eigenvalue weighted by atomic mass is 10.0. The maximum atomic E-state index is 13.3. The smallest absolute Gasteiger partial charge is 0.326 e. The second kappa shape index (κ2) is 15.0. The number of amides is 3. The number of aromatic amines is 2. The normalized spacial score (nSPS) is 14.4. The van der Waals surface area contributed by atoms with Crippen LogP contribution in [0, 0.1) is 5.92 Å². The van der Waals surface area contributed by atoms with Gasteiger partial charge < -0.3 is 36.8 Å². The first-order chi connectivity index (χ1) is 17.6. The summed E-state index contributed by atoms with van der Waals surface area (Å²) in [5.74, 6) is -2.33. The molecule has 0 fully saturated rings. The average molecular weight is 537 g/mol. The molecule has 13 nitrogen and oxygen atoms in total. The van der Waals surface area contributed by atoms with Crippen molar-refractivity contribution in [1.82, 2.24) is 35.9 Å². The Bertz CT molecular complexity index is 999. The number of rotatable bonds is 16. The first-order valence-electron chi connectivity index (χ1n) is 11.9. The van der Waals surface area contributed by atoms with E-state index in [1.54, 1.807) is 6.20 Å². The third-order valence-electron chi connectivity index (χ3n) is 5.51. The Labute approximate surface area is 219 Å². The van der Waals surface area contributed by atoms with Gasteiger partial charge in [0.1, 0.15) is 18.1 Å². The van der Waals surface area contributed by atoms with Gasteiger partial charge in [-0.25, -0.2) is 14.8 Å². The number of carboxylic acids is 1. The number of nitrogens with two attached hydrogens (primary N) is 1. The van der Waals surface area contributed by atoms with Gasteiger partial charge in [-0.1, -0.05) is 13.8 Å². The number of carbonyl (C=O) groups is 4. The number of carbonyl (C=O) groups excluding carboxylic acids is 3. The third kappa shape index (κ3) is 10.2. The van der Waals surface area contributed by atoms with Gasteiger partial charge in [-0.05, 0) is 30.8 Å². The number of imidazole rings is 2. The molecule has 0 saturated carbocycles. The van der Waals surface area contributed by atoms with E-state index in [-0.39, 0.29) is 25.2 Å². The number of nitrogens with one attached hydrogen (secondary N) is 5. The van der Waals surface area contributed by atoms with Crippen molar-refractivity contribution in [1.29, 1.82) is 0 Å². The number of hydrogen-bond donors (Lipinski definition) is 7. The number of aromatic nitrogens is 4. The van der Waals surface area contributed by atoms with Crippen LogP contribution in [0.4, 0.5) is 0 Å². The summed E-state index contributed by atoms with van der Waals surface area (Å²) in [5.41, 5.74) is 7.28. The lowest BCUT2D eigenvalue weighted by Gasteiger charge is -2.26. The number of thioether (sulfide) groups is 1. The molecule has 4 atom stereocenters. The predicted octanol–water partition coefficient (Wildman–Crippen LogP) is -0.416. The lowest BCUT2D eigenvalue weighted by Crippen LogP contribution is -2.58. The Kier molecular flexibility index (Phi) is 12.1. The Morgan fingerprint density at radius 1 is 0.919 bits per heavy atom. The zero-order chi connectivity index (χ0) is 27.4. The first kappa shape index (κ1) is 29.8. The van der Waals surface area contributed by atoms with Gasteiger partial charge in [-0.15, -0.1) is 0 Å². The SMILES string of the molecule is CSCCC(NC(=O)C(Cc1cnc[nH]1)NC(=O)C(CC(C)C)NC(=O)C(N)Cc1cnc[nH]1)C(=O)O. The Hall–Kier alpha value is -3.39. The fraction of sp³-hybridized carbons (Fsp3) is 0.565. The molecule has 0 saturated heterocycles. The number of carboxylic acid groups (broad SMARTS) is 1. The zero-order valence-corrected chi connectivity index (χ0v) is 22.0. The summed E-state index contributed by atoms with van der Waals surface area (Å²) in [5, 5.41) is 17.4. The maximum absolute atomic E-state index is 13.3. The van der Waals surface area contributed by atoms with Crippen LogP contribution >= 0.6 is 11.8 Å². The molecule has 2 aromatic heterocycles. The number of hydrogen-bond acceptors (Lipinski definition) is 8. The van der Waals surface area contributed by atoms with Crippen LogP contribution in [-0.4, -0.2) is 84.9 Å². The first-order valence-corrected chi connectivity index (χ1v) is 13.3. The van der Waals surface area contributed by atoms with Crippen molar-refractivity contribution in [2.75, 3.05) is 12.0 Å². The van der Waals surface area contributed by atoms with Gasteiger partial charge in [0.25, 0.3) is 0 Å². The topological polar surface area (TPSA) is 208 Å². The zero-order valence-electron chi connectivity index (χ0n) is 21.2. The van der Waals surface area contributed by atoms with E-state index in [2.05, 4.69) is 35.9 Å². The van der Waals surface area contributed by atoms with E-state index in [9.17, 15) is 24.3 Å². The van der Waals surface area contributed by atoms with E-state index >= 15 is 0 Å². The molecule has 37 heavy (non-hydrogen) atoms. The van der Waals surface area contributed by atoms with Gasteiger partial charge in [0.15, 0.2) is 0 Å². The van der Waals surface area contributed by atoms with Gasteiger partial charge in [-0.3, -0.25) is 14.4 Å². The fourth-order valence-corrected chi connectivity index (χ4v) is 4.04. The Balaban J connectivity index is 2.14. The third-order valence-corrected chi connectivity index (χ3v) is 6.15. The minimum atomic E-state index is -1.16. The summed E-state index contributed by atoms with van der Waals surface area (Å²) >= 11 is 1.46. The number of H-pyrrole nitrogens is 2. The average Bonchev–Trinajstić information content (AvgIpc) is 3.54. The molecule has 0 radical (unpaired) electrons. The molecule has 0 aliphatic heterocycles. The summed E-state index contributed by atoms with van der Waals surface area (Å²) in [6.45, 7) is 3.80. The fourth-order valence-electron chi connectivity index (χ4n) is 3.57. The van der Waals surface area contributed by atoms with E-state index in [0.29, 0.717) is 23.6 Å². The highest BCUT2D eigenvalue weighted by molar-refractivity contribution is 7.98. The molecule has 0 spiro atoms. The second-order valence-corrected chi connectivity index (χ2v) is 10.1. The molecule has 14 heteroatoms. The van der Waals surface area contributed by atoms with Gasteiger partial charge in [0, 0.05) is 36.6 Å². The van der Waals surface area contributed by atoms with Crippen LogP contribution in [0.5, 0.6) is 0 Å². The number of nitrogens with zero attached hydrogens (tertiary/aromatic N) is 2. The van der Waals surface area contributed by atoms with E-state index in [1.807, 2.05) is 20.1 Å². The van der Waals surface area contributed by atoms with Crippen LogP contribution in [0.15, 0.2) is 25.0 Å². The standard InChI is InChI=1S/C23H36N8O5S/c1-13(2)6-18(30-20(32)16(24)7-14-9-25-11-27-14)21(33)31-19(8-15-10-26-12-28-15)22(34)29-17(23(35)36)4-5-37-3/h9-13,16-19H,4-8,24H2,1-3H3,(H,25,27)(H,26,28)(H,29,34)(H,30,32)(H,31,33)(H,35,36). The van der Waals surface area contributed by atoms with Gasteiger partial charge in [0.2, 0.25) is 17.7 Å². The van der Waals surface area contributed by atoms with E-state index in [0.717, 1.165) is 0 Å². The highest BCUT2D eigenvalue weighted by atomic mass is 32.2. The second-order valence-electron chi connectivity index (χ2n) is 9.10. The summed E-state index contributed by atoms with van der Waals surface area (Å²) in [4.78, 5) is 64.4. The summed E-state index contributed by atoms with van der Waals surface area (Å²) in [7, 11) is 0. The van der Waals surface area contributed by atoms with Crippen molar-refractivity contribution in [2.24, 2.45) is 11.7 Å². The molecule has 4 unspecified atom stereocenters. The van der Waals surface area contributed by atoms with Gasteiger partial charge >= 0.3 is 5.97 Å². The molecule has 2 rings (SSSR count). The van der Waals surface area contributed by atoms with E-state index in [4.69, 9.17) is 5.73 Å². The molecule has 2 heterocycles. The highest BCUT2D eigenvalue weighted by Crippen LogP contribution is 2.09. The van der Waals surface area contributed by atoms with Gasteiger partial charge in [-0.2, -0.15) is 11.8 Å². The van der Waals surface area contributed by atoms with Crippen LogP contribution < -0.4 is 21.7 Å². The lowest BCUT2D eigenvalue weighted by molar-refractivity contribution is -0.142. The van der Waals surface area contributed by atoms with Crippen LogP contribution in [0.3, 0.4) is 0 Å². The number of aliphatic carboxylic acids is 1. The van der Waals surface area contributed by atoms with Crippen LogP contribution in [0.2, 0.25) is 0 Å². The van der Waals surface area contributed by atoms with Crippen molar-refractivity contribution in [2.45, 2.75) is 63.7 Å². The Morgan fingerprint density at radius 3 is 1.97 bits per heavy atom. The predicted molar refractivity (Wildman–Crippen MR) is 138 cm³/mol. The highest BCUT2D eigenvalue weighted by Gasteiger charge is 2.31. The van der Waals surface area contributed by atoms with E-state index in [1.165, 1.54) is 30.6 Å². The molecule has 3 amide bonds. The molecule has 0 aromatic carbocycles. The van der Waals surface area contributed by atoms with Crippen molar-refractivity contribution in [3.8, 4) is 0 Å². The van der Waals surface area contributed by atoms with Crippen molar-refractivity contribution in [3.63, 3.8) is 0 Å². The molecule has 0 aliphatic rings. The summed E-state index contributed by atoms with van der Waals surface area (Å²) in [6, 6.07) is -4.08. The molecular weight excluding hydrogens is 500 g/mol. The minimum Gasteiger partial charge on any atom is -0.480 e. The molecule has 8 N–H and O–H groups in total. The molecular formula is C23H36N8O5S. The maximum Gasteiger partial charge on any atom is 0.326 e.